The first-order valence-electron chi connectivity index (χ1n) is 7.45. The Morgan fingerprint density at radius 3 is 2.54 bits per heavy atom. The maximum Gasteiger partial charge on any atom is 0.375 e. The lowest BCUT2D eigenvalue weighted by atomic mass is 10.1. The summed E-state index contributed by atoms with van der Waals surface area (Å²) in [4.78, 5) is 24.2. The largest absolute Gasteiger partial charge is 0.450 e. The highest BCUT2D eigenvalue weighted by molar-refractivity contribution is 9.10. The van der Waals surface area contributed by atoms with E-state index in [4.69, 9.17) is 32.4 Å². The van der Waals surface area contributed by atoms with Gasteiger partial charge >= 0.3 is 5.97 Å². The van der Waals surface area contributed by atoms with E-state index in [1.54, 1.807) is 19.1 Å². The van der Waals surface area contributed by atoms with Crippen molar-refractivity contribution in [3.05, 3.63) is 62.2 Å². The Morgan fingerprint density at radius 1 is 1.15 bits per heavy atom. The van der Waals surface area contributed by atoms with E-state index in [-0.39, 0.29) is 5.76 Å². The van der Waals surface area contributed by atoms with Crippen molar-refractivity contribution in [1.29, 1.82) is 0 Å². The Morgan fingerprint density at radius 2 is 1.85 bits per heavy atom. The van der Waals surface area contributed by atoms with Crippen LogP contribution in [0, 0.1) is 6.92 Å². The fourth-order valence-corrected chi connectivity index (χ4v) is 3.29. The van der Waals surface area contributed by atoms with Gasteiger partial charge in [0.25, 0.3) is 5.91 Å². The molecule has 3 aromatic rings. The Kier molecular flexibility index (Phi) is 5.55. The van der Waals surface area contributed by atoms with E-state index in [1.165, 1.54) is 12.1 Å². The van der Waals surface area contributed by atoms with Crippen molar-refractivity contribution in [2.75, 3.05) is 11.9 Å². The predicted molar refractivity (Wildman–Crippen MR) is 104 cm³/mol. The minimum absolute atomic E-state index is 0.0664. The highest BCUT2D eigenvalue weighted by atomic mass is 79.9. The van der Waals surface area contributed by atoms with E-state index in [1.807, 2.05) is 12.1 Å². The minimum atomic E-state index is -0.714. The number of carbonyl (C=O) groups excluding carboxylic acids is 2. The maximum absolute atomic E-state index is 12.2. The molecule has 0 bridgehead atoms. The Bertz CT molecular complexity index is 996. The van der Waals surface area contributed by atoms with Gasteiger partial charge in [-0.05, 0) is 43.3 Å². The molecule has 3 rings (SSSR count). The number of fused-ring (bicyclic) bond motifs is 1. The number of hydrogen-bond acceptors (Lipinski definition) is 4. The van der Waals surface area contributed by atoms with Crippen LogP contribution in [-0.4, -0.2) is 18.5 Å². The van der Waals surface area contributed by atoms with Gasteiger partial charge in [-0.1, -0.05) is 39.1 Å². The number of aryl methyl sites for hydroxylation is 1. The van der Waals surface area contributed by atoms with Gasteiger partial charge in [0.2, 0.25) is 5.76 Å². The Labute approximate surface area is 167 Å². The van der Waals surface area contributed by atoms with Crippen LogP contribution in [0.15, 0.2) is 45.3 Å². The number of rotatable bonds is 4. The Balaban J connectivity index is 1.67. The highest BCUT2D eigenvalue weighted by Crippen LogP contribution is 2.28. The van der Waals surface area contributed by atoms with Gasteiger partial charge in [0.05, 0.1) is 0 Å². The van der Waals surface area contributed by atoms with E-state index in [2.05, 4.69) is 21.2 Å². The van der Waals surface area contributed by atoms with Crippen LogP contribution in [0.3, 0.4) is 0 Å². The van der Waals surface area contributed by atoms with E-state index in [0.717, 1.165) is 9.86 Å². The average molecular weight is 457 g/mol. The molecular weight excluding hydrogens is 445 g/mol. The lowest BCUT2D eigenvalue weighted by molar-refractivity contribution is -0.119. The molecule has 5 nitrogen and oxygen atoms in total. The van der Waals surface area contributed by atoms with E-state index >= 15 is 0 Å². The second kappa shape index (κ2) is 7.70. The van der Waals surface area contributed by atoms with Crippen molar-refractivity contribution in [3.8, 4) is 0 Å². The van der Waals surface area contributed by atoms with Crippen LogP contribution in [0.2, 0.25) is 10.0 Å². The predicted octanol–water partition coefficient (Wildman–Crippen LogP) is 5.61. The molecule has 0 aliphatic rings. The smallest absolute Gasteiger partial charge is 0.375 e. The highest BCUT2D eigenvalue weighted by Gasteiger charge is 2.20. The summed E-state index contributed by atoms with van der Waals surface area (Å²) in [5.41, 5.74) is 1.62. The molecule has 0 fully saturated rings. The van der Waals surface area contributed by atoms with Gasteiger partial charge < -0.3 is 14.5 Å². The molecule has 0 aliphatic heterocycles. The topological polar surface area (TPSA) is 68.5 Å². The lowest BCUT2D eigenvalue weighted by Gasteiger charge is -2.07. The van der Waals surface area contributed by atoms with Crippen LogP contribution in [-0.2, 0) is 9.53 Å². The molecule has 2 aromatic carbocycles. The van der Waals surface area contributed by atoms with Crippen LogP contribution in [0.5, 0.6) is 0 Å². The summed E-state index contributed by atoms with van der Waals surface area (Å²) in [6, 6.07) is 10.0. The molecule has 0 spiro atoms. The number of nitrogens with one attached hydrogen (secondary N) is 1. The molecule has 0 saturated carbocycles. The number of amides is 1. The molecule has 1 aromatic heterocycles. The summed E-state index contributed by atoms with van der Waals surface area (Å²) in [6.45, 7) is 1.28. The zero-order valence-electron chi connectivity index (χ0n) is 13.4. The quantitative estimate of drug-likeness (QED) is 0.518. The molecule has 0 saturated heterocycles. The molecule has 1 heterocycles. The van der Waals surface area contributed by atoms with Gasteiger partial charge in [0.1, 0.15) is 5.58 Å². The monoisotopic (exact) mass is 455 g/mol. The molecule has 1 N–H and O–H groups in total. The van der Waals surface area contributed by atoms with Crippen molar-refractivity contribution in [3.63, 3.8) is 0 Å². The molecule has 0 aliphatic carbocycles. The number of anilines is 1. The number of ether oxygens (including phenoxy) is 1. The maximum atomic E-state index is 12.2. The zero-order chi connectivity index (χ0) is 18.8. The lowest BCUT2D eigenvalue weighted by Crippen LogP contribution is -2.21. The molecule has 0 atom stereocenters. The third-order valence-corrected chi connectivity index (χ3v) is 4.49. The fraction of sp³-hybridized carbons (Fsp3) is 0.111. The first-order chi connectivity index (χ1) is 12.3. The first-order valence-corrected chi connectivity index (χ1v) is 9.00. The number of halogens is 3. The summed E-state index contributed by atoms with van der Waals surface area (Å²) in [7, 11) is 0. The third kappa shape index (κ3) is 4.20. The van der Waals surface area contributed by atoms with Crippen molar-refractivity contribution in [1.82, 2.24) is 0 Å². The van der Waals surface area contributed by atoms with Crippen molar-refractivity contribution in [2.45, 2.75) is 6.92 Å². The number of benzene rings is 2. The number of hydrogen-bond donors (Lipinski definition) is 1. The van der Waals surface area contributed by atoms with E-state index in [9.17, 15) is 9.59 Å². The molecule has 0 radical (unpaired) electrons. The van der Waals surface area contributed by atoms with Gasteiger partial charge in [-0.15, -0.1) is 0 Å². The van der Waals surface area contributed by atoms with Crippen molar-refractivity contribution < 1.29 is 18.7 Å². The van der Waals surface area contributed by atoms with Gasteiger partial charge in [0, 0.05) is 31.2 Å². The standard InChI is InChI=1S/C18H12BrCl2NO4/c1-9-14-4-10(19)2-3-15(14)26-17(9)18(24)25-8-16(23)22-13-6-11(20)5-12(21)7-13/h2-7H,8H2,1H3,(H,22,23). The fourth-order valence-electron chi connectivity index (χ4n) is 2.41. The second-order valence-electron chi connectivity index (χ2n) is 5.48. The normalized spacial score (nSPS) is 10.8. The minimum Gasteiger partial charge on any atom is -0.450 e. The molecule has 0 unspecified atom stereocenters. The van der Waals surface area contributed by atoms with Gasteiger partial charge in [0.15, 0.2) is 6.61 Å². The third-order valence-electron chi connectivity index (χ3n) is 3.56. The number of carbonyl (C=O) groups is 2. The SMILES string of the molecule is Cc1c(C(=O)OCC(=O)Nc2cc(Cl)cc(Cl)c2)oc2ccc(Br)cc12. The summed E-state index contributed by atoms with van der Waals surface area (Å²) < 4.78 is 11.4. The van der Waals surface area contributed by atoms with Gasteiger partial charge in [-0.25, -0.2) is 4.79 Å². The van der Waals surface area contributed by atoms with Crippen molar-refractivity contribution in [2.24, 2.45) is 0 Å². The van der Waals surface area contributed by atoms with Crippen LogP contribution in [0.4, 0.5) is 5.69 Å². The molecule has 1 amide bonds. The molecule has 134 valence electrons. The number of esters is 1. The Hall–Kier alpha value is -2.02. The summed E-state index contributed by atoms with van der Waals surface area (Å²) in [5, 5.41) is 4.12. The average Bonchev–Trinajstić information content (AvgIpc) is 2.88. The first kappa shape index (κ1) is 18.8. The molecule has 8 heteroatoms. The number of furan rings is 1. The summed E-state index contributed by atoms with van der Waals surface area (Å²) in [6.07, 6.45) is 0. The molecule has 26 heavy (non-hydrogen) atoms. The van der Waals surface area contributed by atoms with E-state index < -0.39 is 18.5 Å². The molecular formula is C18H12BrCl2NO4. The second-order valence-corrected chi connectivity index (χ2v) is 7.27. The van der Waals surface area contributed by atoms with Crippen LogP contribution >= 0.6 is 39.1 Å². The van der Waals surface area contributed by atoms with E-state index in [0.29, 0.717) is 26.9 Å². The van der Waals surface area contributed by atoms with Crippen LogP contribution < -0.4 is 5.32 Å². The summed E-state index contributed by atoms with van der Waals surface area (Å²) in [5.74, 6) is -1.17. The van der Waals surface area contributed by atoms with Gasteiger partial charge in [-0.3, -0.25) is 4.79 Å². The van der Waals surface area contributed by atoms with Crippen molar-refractivity contribution >= 4 is 67.7 Å². The van der Waals surface area contributed by atoms with Crippen LogP contribution in [0.1, 0.15) is 16.1 Å². The summed E-state index contributed by atoms with van der Waals surface area (Å²) >= 11 is 15.1. The zero-order valence-corrected chi connectivity index (χ0v) is 16.5. The van der Waals surface area contributed by atoms with Crippen LogP contribution in [0.25, 0.3) is 11.0 Å². The van der Waals surface area contributed by atoms with Gasteiger partial charge in [-0.2, -0.15) is 0 Å².